The second kappa shape index (κ2) is 10.3. The first-order chi connectivity index (χ1) is 17.8. The van der Waals surface area contributed by atoms with Crippen LogP contribution >= 0.6 is 0 Å². The van der Waals surface area contributed by atoms with E-state index in [0.717, 1.165) is 36.3 Å². The number of amides is 1. The van der Waals surface area contributed by atoms with E-state index in [1.165, 1.54) is 24.7 Å². The molecule has 37 heavy (non-hydrogen) atoms. The van der Waals surface area contributed by atoms with Crippen molar-refractivity contribution in [3.8, 4) is 0 Å². The Balaban J connectivity index is 1.19. The molecule has 11 heteroatoms. The Bertz CT molecular complexity index is 1360. The summed E-state index contributed by atoms with van der Waals surface area (Å²) in [5.74, 6) is -0.0294. The molecule has 1 amide bonds. The molecule has 3 heterocycles. The van der Waals surface area contributed by atoms with Crippen molar-refractivity contribution >= 4 is 33.1 Å². The number of carbonyl (C=O) groups excluding carboxylic acids is 1. The summed E-state index contributed by atoms with van der Waals surface area (Å²) in [4.78, 5) is 27.4. The highest BCUT2D eigenvalue weighted by molar-refractivity contribution is 7.92. The lowest BCUT2D eigenvalue weighted by molar-refractivity contribution is -0.132. The molecule has 0 spiro atoms. The van der Waals surface area contributed by atoms with Crippen LogP contribution in [-0.2, 0) is 21.2 Å². The number of nitrogens with zero attached hydrogens (tertiary/aromatic N) is 5. The van der Waals surface area contributed by atoms with E-state index in [9.17, 15) is 17.6 Å². The Labute approximate surface area is 216 Å². The largest absolute Gasteiger partial charge is 0.368 e. The zero-order valence-corrected chi connectivity index (χ0v) is 21.4. The molecule has 1 atom stereocenters. The number of hydrogen-bond donors (Lipinski definition) is 1. The Morgan fingerprint density at radius 3 is 2.49 bits per heavy atom. The van der Waals surface area contributed by atoms with Crippen molar-refractivity contribution < 1.29 is 17.6 Å². The van der Waals surface area contributed by atoms with Gasteiger partial charge in [0, 0.05) is 56.5 Å². The van der Waals surface area contributed by atoms with Crippen LogP contribution in [0.4, 0.5) is 21.6 Å². The number of anilines is 3. The number of piperazine rings is 1. The van der Waals surface area contributed by atoms with Gasteiger partial charge in [0.1, 0.15) is 11.9 Å². The molecule has 1 fully saturated rings. The van der Waals surface area contributed by atoms with Crippen LogP contribution in [0.25, 0.3) is 0 Å². The van der Waals surface area contributed by atoms with E-state index in [1.54, 1.807) is 36.4 Å². The van der Waals surface area contributed by atoms with E-state index in [2.05, 4.69) is 24.5 Å². The second-order valence-electron chi connectivity index (χ2n) is 9.25. The van der Waals surface area contributed by atoms with E-state index in [-0.39, 0.29) is 28.5 Å². The van der Waals surface area contributed by atoms with Gasteiger partial charge in [0.25, 0.3) is 10.0 Å². The number of fused-ring (bicyclic) bond motifs is 1. The minimum Gasteiger partial charge on any atom is -0.368 e. The van der Waals surface area contributed by atoms with Gasteiger partial charge in [-0.1, -0.05) is 0 Å². The molecule has 3 aromatic rings. The molecule has 194 valence electrons. The molecular formula is C26H29FN6O3S. The summed E-state index contributed by atoms with van der Waals surface area (Å²) >= 11 is 0. The van der Waals surface area contributed by atoms with Crippen LogP contribution in [0, 0.1) is 5.82 Å². The fraction of sp³-hybridized carbons (Fsp3) is 0.346. The van der Waals surface area contributed by atoms with Gasteiger partial charge >= 0.3 is 0 Å². The van der Waals surface area contributed by atoms with Gasteiger partial charge in [-0.05, 0) is 67.8 Å². The molecule has 2 aliphatic rings. The van der Waals surface area contributed by atoms with Crippen LogP contribution < -0.4 is 14.5 Å². The lowest BCUT2D eigenvalue weighted by atomic mass is 9.99. The standard InChI is InChI=1S/C26H29FN6O3S/c1-19(33-12-2-3-20-17-21(27)4-9-24(20)33)26(34)32-15-13-31(14-16-32)22-5-7-23(8-6-22)37(35,36)30-25-18-28-10-11-29-25/h4-11,17-19H,2-3,12-16H2,1H3,(H,29,30)/t19-/m0/s1. The first kappa shape index (κ1) is 24.9. The fourth-order valence-electron chi connectivity index (χ4n) is 4.96. The van der Waals surface area contributed by atoms with E-state index in [0.29, 0.717) is 26.2 Å². The number of rotatable bonds is 6. The van der Waals surface area contributed by atoms with Crippen molar-refractivity contribution in [2.75, 3.05) is 47.2 Å². The molecule has 5 rings (SSSR count). The van der Waals surface area contributed by atoms with Gasteiger partial charge in [0.05, 0.1) is 11.1 Å². The maximum absolute atomic E-state index is 13.7. The number of carbonyl (C=O) groups is 1. The molecule has 0 saturated carbocycles. The molecule has 1 saturated heterocycles. The summed E-state index contributed by atoms with van der Waals surface area (Å²) in [5.41, 5.74) is 2.79. The molecule has 9 nitrogen and oxygen atoms in total. The molecule has 0 bridgehead atoms. The minimum absolute atomic E-state index is 0.0633. The van der Waals surface area contributed by atoms with Crippen LogP contribution in [0.1, 0.15) is 18.9 Å². The van der Waals surface area contributed by atoms with E-state index in [1.807, 2.05) is 11.8 Å². The van der Waals surface area contributed by atoms with Gasteiger partial charge in [0.15, 0.2) is 5.82 Å². The third-order valence-corrected chi connectivity index (χ3v) is 8.30. The highest BCUT2D eigenvalue weighted by atomic mass is 32.2. The summed E-state index contributed by atoms with van der Waals surface area (Å²) in [5, 5.41) is 0. The van der Waals surface area contributed by atoms with E-state index < -0.39 is 10.0 Å². The van der Waals surface area contributed by atoms with Gasteiger partial charge in [-0.25, -0.2) is 17.8 Å². The summed E-state index contributed by atoms with van der Waals surface area (Å²) in [6.45, 7) is 5.12. The molecule has 2 aliphatic heterocycles. The average molecular weight is 525 g/mol. The minimum atomic E-state index is -3.77. The van der Waals surface area contributed by atoms with Crippen molar-refractivity contribution in [2.24, 2.45) is 0 Å². The van der Waals surface area contributed by atoms with Crippen LogP contribution in [0.3, 0.4) is 0 Å². The topological polar surface area (TPSA) is 98.7 Å². The Kier molecular flexibility index (Phi) is 6.96. The summed E-state index contributed by atoms with van der Waals surface area (Å²) in [7, 11) is -3.77. The summed E-state index contributed by atoms with van der Waals surface area (Å²) in [6.07, 6.45) is 5.94. The molecule has 1 aromatic heterocycles. The number of hydrogen-bond acceptors (Lipinski definition) is 7. The zero-order valence-electron chi connectivity index (χ0n) is 20.5. The maximum Gasteiger partial charge on any atom is 0.263 e. The normalized spacial score (nSPS) is 16.8. The molecule has 0 aliphatic carbocycles. The van der Waals surface area contributed by atoms with Crippen LogP contribution in [0.2, 0.25) is 0 Å². The number of aromatic nitrogens is 2. The first-order valence-corrected chi connectivity index (χ1v) is 13.8. The lowest BCUT2D eigenvalue weighted by Gasteiger charge is -2.41. The van der Waals surface area contributed by atoms with Crippen LogP contribution in [0.15, 0.2) is 66.0 Å². The van der Waals surface area contributed by atoms with Crippen molar-refractivity contribution in [3.63, 3.8) is 0 Å². The third kappa shape index (κ3) is 5.36. The fourth-order valence-corrected chi connectivity index (χ4v) is 5.96. The number of aryl methyl sites for hydroxylation is 1. The van der Waals surface area contributed by atoms with Crippen molar-refractivity contribution in [1.82, 2.24) is 14.9 Å². The number of nitrogens with one attached hydrogen (secondary N) is 1. The molecule has 2 aromatic carbocycles. The SMILES string of the molecule is C[C@@H](C(=O)N1CCN(c2ccc(S(=O)(=O)Nc3cnccn3)cc2)CC1)N1CCCc2cc(F)ccc21. The quantitative estimate of drug-likeness (QED) is 0.529. The molecule has 1 N–H and O–H groups in total. The lowest BCUT2D eigenvalue weighted by Crippen LogP contribution is -2.55. The Morgan fingerprint density at radius 1 is 1.03 bits per heavy atom. The maximum atomic E-state index is 13.7. The van der Waals surface area contributed by atoms with Crippen molar-refractivity contribution in [2.45, 2.75) is 30.7 Å². The van der Waals surface area contributed by atoms with Crippen molar-refractivity contribution in [1.29, 1.82) is 0 Å². The predicted molar refractivity (Wildman–Crippen MR) is 140 cm³/mol. The highest BCUT2D eigenvalue weighted by Gasteiger charge is 2.31. The Hall–Kier alpha value is -3.73. The average Bonchev–Trinajstić information content (AvgIpc) is 2.92. The highest BCUT2D eigenvalue weighted by Crippen LogP contribution is 2.30. The Morgan fingerprint density at radius 2 is 1.78 bits per heavy atom. The first-order valence-electron chi connectivity index (χ1n) is 12.3. The van der Waals surface area contributed by atoms with Crippen LogP contribution in [0.5, 0.6) is 0 Å². The number of halogens is 1. The monoisotopic (exact) mass is 524 g/mol. The van der Waals surface area contributed by atoms with Crippen molar-refractivity contribution in [3.05, 3.63) is 72.4 Å². The summed E-state index contributed by atoms with van der Waals surface area (Å²) < 4.78 is 41.4. The zero-order chi connectivity index (χ0) is 26.0. The van der Waals surface area contributed by atoms with Gasteiger partial charge in [-0.2, -0.15) is 0 Å². The number of benzene rings is 2. The second-order valence-corrected chi connectivity index (χ2v) is 10.9. The van der Waals surface area contributed by atoms with E-state index >= 15 is 0 Å². The molecule has 0 unspecified atom stereocenters. The van der Waals surface area contributed by atoms with Gasteiger partial charge < -0.3 is 14.7 Å². The van der Waals surface area contributed by atoms with Gasteiger partial charge in [-0.3, -0.25) is 14.5 Å². The molecular weight excluding hydrogens is 495 g/mol. The third-order valence-electron chi connectivity index (χ3n) is 6.93. The van der Waals surface area contributed by atoms with Crippen LogP contribution in [-0.4, -0.2) is 68.0 Å². The van der Waals surface area contributed by atoms with Gasteiger partial charge in [-0.15, -0.1) is 0 Å². The predicted octanol–water partition coefficient (Wildman–Crippen LogP) is 2.91. The number of sulfonamides is 1. The summed E-state index contributed by atoms with van der Waals surface area (Å²) in [6, 6.07) is 11.1. The van der Waals surface area contributed by atoms with E-state index in [4.69, 9.17) is 0 Å². The smallest absolute Gasteiger partial charge is 0.263 e. The van der Waals surface area contributed by atoms with Gasteiger partial charge in [0.2, 0.25) is 5.91 Å². The molecule has 0 radical (unpaired) electrons.